The zero-order valence-corrected chi connectivity index (χ0v) is 13.2. The summed E-state index contributed by atoms with van der Waals surface area (Å²) in [5.41, 5.74) is 0.282. The smallest absolute Gasteiger partial charge is 0.339 e. The van der Waals surface area contributed by atoms with Crippen molar-refractivity contribution in [1.29, 1.82) is 0 Å². The van der Waals surface area contributed by atoms with Crippen LogP contribution in [0.5, 0.6) is 5.75 Å². The minimum atomic E-state index is -1.41. The quantitative estimate of drug-likeness (QED) is 0.514. The summed E-state index contributed by atoms with van der Waals surface area (Å²) in [6, 6.07) is 8.68. The molecule has 3 aromatic rings. The number of cyclic esters (lactones) is 1. The number of fused-ring (bicyclic) bond motifs is 5. The van der Waals surface area contributed by atoms with Crippen molar-refractivity contribution in [3.05, 3.63) is 41.5 Å². The molecule has 1 aliphatic rings. The molecule has 0 bridgehead atoms. The van der Waals surface area contributed by atoms with Crippen molar-refractivity contribution >= 4 is 27.8 Å². The Bertz CT molecular complexity index is 982. The Morgan fingerprint density at radius 2 is 1.96 bits per heavy atom. The lowest BCUT2D eigenvalue weighted by Gasteiger charge is -2.37. The first kappa shape index (κ1) is 15.0. The van der Waals surface area contributed by atoms with Gasteiger partial charge in [-0.1, -0.05) is 18.2 Å². The molecule has 6 heteroatoms. The second kappa shape index (κ2) is 4.72. The summed E-state index contributed by atoms with van der Waals surface area (Å²) in [6.07, 6.45) is -2.31. The summed E-state index contributed by atoms with van der Waals surface area (Å²) >= 11 is 0. The minimum absolute atomic E-state index is 0.0918. The lowest BCUT2D eigenvalue weighted by molar-refractivity contribution is -0.121. The van der Waals surface area contributed by atoms with Crippen LogP contribution in [0.2, 0.25) is 0 Å². The third-order valence-electron chi connectivity index (χ3n) is 4.54. The fraction of sp³-hybridized carbons (Fsp3) is 0.278. The van der Waals surface area contributed by atoms with Gasteiger partial charge in [-0.25, -0.2) is 4.79 Å². The lowest BCUT2D eigenvalue weighted by atomic mass is 9.85. The molecule has 24 heavy (non-hydrogen) atoms. The number of aliphatic hydroxyl groups excluding tert-OH is 1. The molecule has 0 fully saturated rings. The highest BCUT2D eigenvalue weighted by atomic mass is 16.6. The average Bonchev–Trinajstić information content (AvgIpc) is 2.90. The van der Waals surface area contributed by atoms with Gasteiger partial charge >= 0.3 is 5.97 Å². The van der Waals surface area contributed by atoms with E-state index in [1.54, 1.807) is 0 Å². The Morgan fingerprint density at radius 3 is 2.67 bits per heavy atom. The van der Waals surface area contributed by atoms with Crippen molar-refractivity contribution < 1.29 is 24.9 Å². The molecule has 1 aromatic heterocycles. The normalized spacial score (nSPS) is 21.1. The van der Waals surface area contributed by atoms with Crippen LogP contribution in [0.15, 0.2) is 30.3 Å². The number of hydrogen-bond donors (Lipinski definition) is 4. The molecule has 0 unspecified atom stereocenters. The van der Waals surface area contributed by atoms with E-state index in [1.807, 2.05) is 24.3 Å². The van der Waals surface area contributed by atoms with E-state index in [2.05, 4.69) is 4.98 Å². The van der Waals surface area contributed by atoms with Crippen molar-refractivity contribution in [2.75, 3.05) is 0 Å². The van der Waals surface area contributed by atoms with Crippen LogP contribution in [0.3, 0.4) is 0 Å². The molecule has 1 aliphatic heterocycles. The van der Waals surface area contributed by atoms with Gasteiger partial charge in [-0.15, -0.1) is 0 Å². The summed E-state index contributed by atoms with van der Waals surface area (Å²) in [7, 11) is 0. The first-order valence-electron chi connectivity index (χ1n) is 7.66. The molecule has 0 saturated heterocycles. The molecule has 0 aliphatic carbocycles. The number of aliphatic hydroxyl groups is 2. The van der Waals surface area contributed by atoms with Crippen LogP contribution in [0, 0.1) is 0 Å². The molecule has 2 atom stereocenters. The zero-order chi connectivity index (χ0) is 17.2. The molecule has 0 saturated carbocycles. The van der Waals surface area contributed by atoms with E-state index >= 15 is 0 Å². The van der Waals surface area contributed by atoms with E-state index in [4.69, 9.17) is 4.74 Å². The van der Waals surface area contributed by atoms with E-state index in [9.17, 15) is 20.1 Å². The number of phenols is 1. The predicted octanol–water partition coefficient (Wildman–Crippen LogP) is 2.37. The van der Waals surface area contributed by atoms with Crippen molar-refractivity contribution in [3.63, 3.8) is 0 Å². The number of carbonyl (C=O) groups excluding carboxylic acids is 1. The van der Waals surface area contributed by atoms with Crippen LogP contribution in [0.1, 0.15) is 35.9 Å². The van der Waals surface area contributed by atoms with Crippen molar-refractivity contribution in [3.8, 4) is 5.75 Å². The van der Waals surface area contributed by atoms with Gasteiger partial charge in [0.25, 0.3) is 0 Å². The molecular weight excluding hydrogens is 310 g/mol. The number of para-hydroxylation sites is 1. The van der Waals surface area contributed by atoms with E-state index < -0.39 is 23.8 Å². The number of aromatic nitrogens is 1. The molecule has 4 N–H and O–H groups in total. The minimum Gasteiger partial charge on any atom is -0.506 e. The molecule has 6 nitrogen and oxygen atoms in total. The maximum Gasteiger partial charge on any atom is 0.339 e. The number of phenolic OH excluding ortho intramolecular Hbond substituents is 1. The third kappa shape index (κ3) is 1.93. The maximum atomic E-state index is 12.4. The molecule has 0 spiro atoms. The number of H-pyrrole nitrogens is 1. The monoisotopic (exact) mass is 327 g/mol. The van der Waals surface area contributed by atoms with Gasteiger partial charge in [0.05, 0.1) is 16.7 Å². The standard InChI is InChI=1S/C18H17NO5/c1-18(2,23)16-15(21)13-9(17(22)24-16)7-11(20)14-12(13)8-5-3-4-6-10(8)19-14/h3-7,15-16,19-21,23H,1-2H3/t15-,16-/m0/s1. The molecule has 4 rings (SSSR count). The summed E-state index contributed by atoms with van der Waals surface area (Å²) in [5.74, 6) is -0.768. The number of aromatic hydroxyl groups is 1. The van der Waals surface area contributed by atoms with Gasteiger partial charge < -0.3 is 25.0 Å². The van der Waals surface area contributed by atoms with Crippen LogP contribution in [-0.4, -0.2) is 38.0 Å². The van der Waals surface area contributed by atoms with Gasteiger partial charge in [0, 0.05) is 21.9 Å². The number of nitrogens with one attached hydrogen (secondary N) is 1. The predicted molar refractivity (Wildman–Crippen MR) is 87.9 cm³/mol. The Kier molecular flexibility index (Phi) is 2.95. The number of hydrogen-bond acceptors (Lipinski definition) is 5. The molecule has 0 radical (unpaired) electrons. The van der Waals surface area contributed by atoms with Crippen molar-refractivity contribution in [2.24, 2.45) is 0 Å². The molecule has 2 heterocycles. The fourth-order valence-corrected chi connectivity index (χ4v) is 3.44. The van der Waals surface area contributed by atoms with Crippen LogP contribution >= 0.6 is 0 Å². The molecule has 2 aromatic carbocycles. The second-order valence-corrected chi connectivity index (χ2v) is 6.70. The average molecular weight is 327 g/mol. The number of benzene rings is 2. The number of aromatic amines is 1. The second-order valence-electron chi connectivity index (χ2n) is 6.70. The lowest BCUT2D eigenvalue weighted by Crippen LogP contribution is -2.46. The SMILES string of the molecule is CC(C)(O)[C@H]1OC(=O)c2cc(O)c3[nH]c4ccccc4c3c2[C@@H]1O. The van der Waals surface area contributed by atoms with Gasteiger partial charge in [-0.2, -0.15) is 0 Å². The fourth-order valence-electron chi connectivity index (χ4n) is 3.44. The van der Waals surface area contributed by atoms with Gasteiger partial charge in [0.1, 0.15) is 11.9 Å². The van der Waals surface area contributed by atoms with E-state index in [-0.39, 0.29) is 11.3 Å². The van der Waals surface area contributed by atoms with Gasteiger partial charge in [0.2, 0.25) is 0 Å². The highest BCUT2D eigenvalue weighted by Gasteiger charge is 2.44. The van der Waals surface area contributed by atoms with E-state index in [0.29, 0.717) is 16.5 Å². The van der Waals surface area contributed by atoms with Gasteiger partial charge in [-0.05, 0) is 26.0 Å². The van der Waals surface area contributed by atoms with E-state index in [0.717, 1.165) is 10.9 Å². The molecular formula is C18H17NO5. The summed E-state index contributed by atoms with van der Waals surface area (Å²) in [5, 5.41) is 32.7. The Morgan fingerprint density at radius 1 is 1.25 bits per heavy atom. The first-order chi connectivity index (χ1) is 11.3. The summed E-state index contributed by atoms with van der Waals surface area (Å²) < 4.78 is 5.22. The maximum absolute atomic E-state index is 12.4. The summed E-state index contributed by atoms with van der Waals surface area (Å²) in [4.78, 5) is 15.5. The Hall–Kier alpha value is -2.57. The highest BCUT2D eigenvalue weighted by Crippen LogP contribution is 2.44. The van der Waals surface area contributed by atoms with Crippen LogP contribution < -0.4 is 0 Å². The van der Waals surface area contributed by atoms with Crippen LogP contribution in [-0.2, 0) is 4.74 Å². The zero-order valence-electron chi connectivity index (χ0n) is 13.2. The number of esters is 1. The van der Waals surface area contributed by atoms with Crippen molar-refractivity contribution in [1.82, 2.24) is 4.98 Å². The van der Waals surface area contributed by atoms with Crippen molar-refractivity contribution in [2.45, 2.75) is 31.7 Å². The largest absolute Gasteiger partial charge is 0.506 e. The van der Waals surface area contributed by atoms with E-state index in [1.165, 1.54) is 19.9 Å². The Balaban J connectivity index is 2.12. The molecule has 124 valence electrons. The summed E-state index contributed by atoms with van der Waals surface area (Å²) in [6.45, 7) is 2.96. The number of carbonyl (C=O) groups is 1. The number of rotatable bonds is 1. The number of ether oxygens (including phenoxy) is 1. The highest BCUT2D eigenvalue weighted by molar-refractivity contribution is 6.14. The topological polar surface area (TPSA) is 103 Å². The van der Waals surface area contributed by atoms with Gasteiger partial charge in [0.15, 0.2) is 6.10 Å². The van der Waals surface area contributed by atoms with Crippen LogP contribution in [0.4, 0.5) is 0 Å². The van der Waals surface area contributed by atoms with Gasteiger partial charge in [-0.3, -0.25) is 0 Å². The van der Waals surface area contributed by atoms with Crippen LogP contribution in [0.25, 0.3) is 21.8 Å². The third-order valence-corrected chi connectivity index (χ3v) is 4.54. The first-order valence-corrected chi connectivity index (χ1v) is 7.66. The molecule has 0 amide bonds. The Labute approximate surface area is 137 Å².